The van der Waals surface area contributed by atoms with E-state index in [0.717, 1.165) is 12.0 Å². The fourth-order valence-electron chi connectivity index (χ4n) is 7.45. The number of carboxylic acids is 1. The van der Waals surface area contributed by atoms with Crippen LogP contribution >= 0.6 is 23.2 Å². The van der Waals surface area contributed by atoms with Crippen LogP contribution in [0.2, 0.25) is 0 Å². The molecule has 0 aromatic rings. The van der Waals surface area contributed by atoms with Gasteiger partial charge in [-0.1, -0.05) is 19.4 Å². The Balaban J connectivity index is 1.73. The molecule has 0 spiro atoms. The van der Waals surface area contributed by atoms with Crippen molar-refractivity contribution in [1.29, 1.82) is 0 Å². The monoisotopic (exact) mass is 472 g/mol. The highest BCUT2D eigenvalue weighted by Gasteiger charge is 2.73. The van der Waals surface area contributed by atoms with E-state index < -0.39 is 51.0 Å². The Bertz CT molecular complexity index is 872. The number of rotatable bonds is 4. The van der Waals surface area contributed by atoms with Gasteiger partial charge < -0.3 is 15.3 Å². The van der Waals surface area contributed by atoms with Crippen LogP contribution in [-0.4, -0.2) is 54.8 Å². The van der Waals surface area contributed by atoms with E-state index in [1.54, 1.807) is 6.08 Å². The molecule has 31 heavy (non-hydrogen) atoms. The van der Waals surface area contributed by atoms with Gasteiger partial charge in [0.25, 0.3) is 0 Å². The zero-order valence-corrected chi connectivity index (χ0v) is 19.4. The fraction of sp³-hybridized carbons (Fsp3) is 0.783. The van der Waals surface area contributed by atoms with Crippen molar-refractivity contribution in [2.45, 2.75) is 87.2 Å². The Morgan fingerprint density at radius 2 is 1.87 bits per heavy atom. The SMILES string of the molecule is C[C@]12CCC(=O)C=C1CC[C@H]1[C@@H]3CC[C@](O)(C(=O)C(O)CC(=O)O)[C@@]3(C)CC(Cl)[C@@]12Cl. The fourth-order valence-corrected chi connectivity index (χ4v) is 8.72. The van der Waals surface area contributed by atoms with Crippen LogP contribution < -0.4 is 0 Å². The van der Waals surface area contributed by atoms with E-state index in [4.69, 9.17) is 28.3 Å². The third-order valence-electron chi connectivity index (χ3n) is 9.23. The summed E-state index contributed by atoms with van der Waals surface area (Å²) in [5, 5.41) is 30.2. The van der Waals surface area contributed by atoms with Crippen molar-refractivity contribution in [3.8, 4) is 0 Å². The van der Waals surface area contributed by atoms with Gasteiger partial charge in [0.15, 0.2) is 11.6 Å². The molecule has 3 N–H and O–H groups in total. The molecule has 0 bridgehead atoms. The number of aliphatic carboxylic acids is 1. The Hall–Kier alpha value is -0.950. The van der Waals surface area contributed by atoms with Crippen LogP contribution in [0.15, 0.2) is 11.6 Å². The van der Waals surface area contributed by atoms with Gasteiger partial charge in [0, 0.05) is 17.3 Å². The van der Waals surface area contributed by atoms with Crippen molar-refractivity contribution in [2.24, 2.45) is 22.7 Å². The second kappa shape index (κ2) is 7.28. The van der Waals surface area contributed by atoms with E-state index in [-0.39, 0.29) is 30.5 Å². The minimum absolute atomic E-state index is 0.0655. The zero-order valence-electron chi connectivity index (χ0n) is 17.9. The lowest BCUT2D eigenvalue weighted by Crippen LogP contribution is -2.68. The first-order valence-electron chi connectivity index (χ1n) is 11.0. The average molecular weight is 473 g/mol. The van der Waals surface area contributed by atoms with Gasteiger partial charge in [0.2, 0.25) is 0 Å². The first-order valence-corrected chi connectivity index (χ1v) is 11.9. The minimum Gasteiger partial charge on any atom is -0.481 e. The molecule has 8 heteroatoms. The molecule has 0 aromatic heterocycles. The molecule has 2 unspecified atom stereocenters. The highest BCUT2D eigenvalue weighted by Crippen LogP contribution is 2.72. The third-order valence-corrected chi connectivity index (χ3v) is 10.8. The number of aliphatic hydroxyl groups excluding tert-OH is 1. The quantitative estimate of drug-likeness (QED) is 0.541. The summed E-state index contributed by atoms with van der Waals surface area (Å²) in [6, 6.07) is 0. The summed E-state index contributed by atoms with van der Waals surface area (Å²) >= 11 is 14.5. The van der Waals surface area contributed by atoms with Crippen LogP contribution in [-0.2, 0) is 14.4 Å². The molecule has 4 aliphatic carbocycles. The summed E-state index contributed by atoms with van der Waals surface area (Å²) in [6.45, 7) is 3.92. The van der Waals surface area contributed by atoms with E-state index in [0.29, 0.717) is 25.7 Å². The number of carbonyl (C=O) groups excluding carboxylic acids is 2. The number of hydrogen-bond acceptors (Lipinski definition) is 5. The number of Topliss-reactive ketones (excluding diaryl/α,β-unsaturated/α-hetero) is 1. The van der Waals surface area contributed by atoms with Crippen molar-refractivity contribution in [3.63, 3.8) is 0 Å². The van der Waals surface area contributed by atoms with Crippen LogP contribution in [0, 0.1) is 22.7 Å². The molecule has 0 radical (unpaired) electrons. The van der Waals surface area contributed by atoms with Crippen LogP contribution in [0.1, 0.15) is 65.2 Å². The summed E-state index contributed by atoms with van der Waals surface area (Å²) in [5.74, 6) is -2.18. The maximum atomic E-state index is 13.1. The predicted molar refractivity (Wildman–Crippen MR) is 115 cm³/mol. The topological polar surface area (TPSA) is 112 Å². The third kappa shape index (κ3) is 2.94. The standard InChI is InChI=1S/C23H30Cl2O6/c1-20-7-5-13(26)9-12(20)3-4-15-14-6-8-22(31,19(30)16(27)10-18(28)29)21(14,2)11-17(24)23(15,20)25/h9,14-17,27,31H,3-8,10-11H2,1-2H3,(H,28,29)/t14-,15-,16?,17?,20-,21-,22-,23-/m0/s1. The molecular weight excluding hydrogens is 443 g/mol. The number of carbonyl (C=O) groups is 3. The number of fused-ring (bicyclic) bond motifs is 5. The molecule has 4 rings (SSSR count). The molecular formula is C23H30Cl2O6. The van der Waals surface area contributed by atoms with Gasteiger partial charge in [-0.25, -0.2) is 0 Å². The van der Waals surface area contributed by atoms with Crippen LogP contribution in [0.25, 0.3) is 0 Å². The number of aliphatic hydroxyl groups is 2. The first kappa shape index (κ1) is 23.2. The normalized spacial score (nSPS) is 47.6. The van der Waals surface area contributed by atoms with Crippen molar-refractivity contribution in [3.05, 3.63) is 11.6 Å². The van der Waals surface area contributed by atoms with E-state index >= 15 is 0 Å². The maximum absolute atomic E-state index is 13.1. The lowest BCUT2D eigenvalue weighted by molar-refractivity contribution is -0.170. The highest BCUT2D eigenvalue weighted by molar-refractivity contribution is 6.33. The summed E-state index contributed by atoms with van der Waals surface area (Å²) < 4.78 is 0. The van der Waals surface area contributed by atoms with E-state index in [1.807, 2.05) is 6.92 Å². The maximum Gasteiger partial charge on any atom is 0.306 e. The van der Waals surface area contributed by atoms with Crippen molar-refractivity contribution in [1.82, 2.24) is 0 Å². The molecule has 0 aliphatic heterocycles. The van der Waals surface area contributed by atoms with Gasteiger partial charge in [0.1, 0.15) is 11.7 Å². The van der Waals surface area contributed by atoms with Crippen LogP contribution in [0.4, 0.5) is 0 Å². The summed E-state index contributed by atoms with van der Waals surface area (Å²) in [7, 11) is 0. The second-order valence-electron chi connectivity index (χ2n) is 10.5. The lowest BCUT2D eigenvalue weighted by atomic mass is 9.45. The molecule has 0 saturated heterocycles. The molecule has 172 valence electrons. The van der Waals surface area contributed by atoms with Gasteiger partial charge in [-0.3, -0.25) is 14.4 Å². The van der Waals surface area contributed by atoms with Gasteiger partial charge in [0.05, 0.1) is 16.7 Å². The average Bonchev–Trinajstić information content (AvgIpc) is 2.94. The van der Waals surface area contributed by atoms with Crippen molar-refractivity contribution >= 4 is 40.7 Å². The minimum atomic E-state index is -1.85. The summed E-state index contributed by atoms with van der Waals surface area (Å²) in [4.78, 5) is 35.3. The number of hydrogen-bond donors (Lipinski definition) is 3. The van der Waals surface area contributed by atoms with Gasteiger partial charge in [-0.15, -0.1) is 23.2 Å². The van der Waals surface area contributed by atoms with E-state index in [9.17, 15) is 24.6 Å². The molecule has 8 atom stereocenters. The first-order chi connectivity index (χ1) is 14.3. The molecule has 3 fully saturated rings. The number of ketones is 2. The molecule has 0 aromatic carbocycles. The Kier molecular flexibility index (Phi) is 5.45. The largest absolute Gasteiger partial charge is 0.481 e. The van der Waals surface area contributed by atoms with Gasteiger partial charge in [-0.05, 0) is 56.4 Å². The lowest BCUT2D eigenvalue weighted by Gasteiger charge is -2.64. The predicted octanol–water partition coefficient (Wildman–Crippen LogP) is 3.23. The van der Waals surface area contributed by atoms with E-state index in [1.165, 1.54) is 0 Å². The second-order valence-corrected chi connectivity index (χ2v) is 11.6. The van der Waals surface area contributed by atoms with Crippen LogP contribution in [0.5, 0.6) is 0 Å². The molecule has 3 saturated carbocycles. The zero-order chi connectivity index (χ0) is 23.0. The Labute approximate surface area is 192 Å². The van der Waals surface area contributed by atoms with Gasteiger partial charge >= 0.3 is 5.97 Å². The summed E-state index contributed by atoms with van der Waals surface area (Å²) in [6.07, 6.45) is 2.70. The summed E-state index contributed by atoms with van der Waals surface area (Å²) in [5.41, 5.74) is -2.16. The van der Waals surface area contributed by atoms with E-state index in [2.05, 4.69) is 6.92 Å². The Morgan fingerprint density at radius 3 is 2.52 bits per heavy atom. The molecule has 6 nitrogen and oxygen atoms in total. The number of alkyl halides is 2. The van der Waals surface area contributed by atoms with Crippen molar-refractivity contribution in [2.75, 3.05) is 0 Å². The number of carboxylic acid groups (broad SMARTS) is 1. The number of halogens is 2. The van der Waals surface area contributed by atoms with Crippen LogP contribution in [0.3, 0.4) is 0 Å². The molecule has 4 aliphatic rings. The highest BCUT2D eigenvalue weighted by atomic mass is 35.5. The van der Waals surface area contributed by atoms with Crippen molar-refractivity contribution < 1.29 is 29.7 Å². The molecule has 0 heterocycles. The molecule has 0 amide bonds. The van der Waals surface area contributed by atoms with Gasteiger partial charge in [-0.2, -0.15) is 0 Å². The smallest absolute Gasteiger partial charge is 0.306 e. The number of allylic oxidation sites excluding steroid dienone is 1. The Morgan fingerprint density at radius 1 is 1.19 bits per heavy atom.